The summed E-state index contributed by atoms with van der Waals surface area (Å²) in [5.41, 5.74) is 3.62. The van der Waals surface area contributed by atoms with Crippen molar-refractivity contribution in [2.75, 3.05) is 33.9 Å². The number of aromatic nitrogens is 1. The van der Waals surface area contributed by atoms with E-state index in [0.717, 1.165) is 47.8 Å². The lowest BCUT2D eigenvalue weighted by atomic mass is 9.49. The second-order valence-corrected chi connectivity index (χ2v) is 9.94. The molecule has 27 heavy (non-hydrogen) atoms. The minimum atomic E-state index is 0.263. The first-order valence-electron chi connectivity index (χ1n) is 10.8. The van der Waals surface area contributed by atoms with Crippen molar-refractivity contribution in [3.8, 4) is 0 Å². The molecule has 0 N–H and O–H groups in total. The Kier molecular flexibility index (Phi) is 5.24. The summed E-state index contributed by atoms with van der Waals surface area (Å²) >= 11 is 0. The van der Waals surface area contributed by atoms with Crippen molar-refractivity contribution < 1.29 is 9.53 Å². The van der Waals surface area contributed by atoms with E-state index in [1.807, 2.05) is 0 Å². The number of methoxy groups -OCH3 is 1. The topological polar surface area (TPSA) is 34.5 Å². The van der Waals surface area contributed by atoms with Gasteiger partial charge in [0, 0.05) is 37.2 Å². The van der Waals surface area contributed by atoms with E-state index in [0.29, 0.717) is 18.6 Å². The van der Waals surface area contributed by atoms with Crippen LogP contribution in [0, 0.1) is 37.0 Å². The van der Waals surface area contributed by atoms with Crippen LogP contribution in [0.1, 0.15) is 60.3 Å². The highest BCUT2D eigenvalue weighted by Crippen LogP contribution is 2.60. The van der Waals surface area contributed by atoms with Gasteiger partial charge in [0.2, 0.25) is 0 Å². The third-order valence-electron chi connectivity index (χ3n) is 7.58. The third kappa shape index (κ3) is 3.75. The summed E-state index contributed by atoms with van der Waals surface area (Å²) in [5.74, 6) is 3.18. The molecule has 150 valence electrons. The number of Topliss-reactive ketones (excluding diaryl/α,β-unsaturated/α-hetero) is 1. The fraction of sp³-hybridized carbons (Fsp3) is 0.783. The fourth-order valence-corrected chi connectivity index (χ4v) is 7.05. The Morgan fingerprint density at radius 2 is 1.78 bits per heavy atom. The van der Waals surface area contributed by atoms with Gasteiger partial charge in [-0.3, -0.25) is 9.69 Å². The summed E-state index contributed by atoms with van der Waals surface area (Å²) in [5, 5.41) is 0. The van der Waals surface area contributed by atoms with Gasteiger partial charge in [0.05, 0.1) is 13.2 Å². The fourth-order valence-electron chi connectivity index (χ4n) is 7.05. The van der Waals surface area contributed by atoms with Crippen LogP contribution in [-0.2, 0) is 11.3 Å². The Bertz CT molecular complexity index is 670. The second-order valence-electron chi connectivity index (χ2n) is 9.94. The molecule has 5 rings (SSSR count). The van der Waals surface area contributed by atoms with Crippen molar-refractivity contribution in [2.24, 2.45) is 23.2 Å². The van der Waals surface area contributed by atoms with Crippen molar-refractivity contribution in [3.05, 3.63) is 23.0 Å². The predicted molar refractivity (Wildman–Crippen MR) is 108 cm³/mol. The zero-order chi connectivity index (χ0) is 19.2. The smallest absolute Gasteiger partial charge is 0.178 e. The van der Waals surface area contributed by atoms with Gasteiger partial charge in [0.25, 0.3) is 0 Å². The number of likely N-dealkylation sites (N-methyl/N-ethyl adjacent to an activating group) is 1. The van der Waals surface area contributed by atoms with E-state index in [-0.39, 0.29) is 5.78 Å². The first-order valence-corrected chi connectivity index (χ1v) is 10.8. The Morgan fingerprint density at radius 3 is 2.33 bits per heavy atom. The molecule has 0 aromatic carbocycles. The van der Waals surface area contributed by atoms with Gasteiger partial charge in [-0.15, -0.1) is 0 Å². The van der Waals surface area contributed by atoms with Crippen LogP contribution < -0.4 is 0 Å². The van der Waals surface area contributed by atoms with Crippen molar-refractivity contribution in [1.29, 1.82) is 0 Å². The highest BCUT2D eigenvalue weighted by molar-refractivity contribution is 5.99. The first kappa shape index (κ1) is 19.2. The molecule has 0 unspecified atom stereocenters. The van der Waals surface area contributed by atoms with Gasteiger partial charge in [0.1, 0.15) is 0 Å². The van der Waals surface area contributed by atoms with Gasteiger partial charge in [-0.2, -0.15) is 0 Å². The lowest BCUT2D eigenvalue weighted by molar-refractivity contribution is -0.0651. The SMILES string of the molecule is COCCn1c(C)cc(C(=O)CN(C)CC23CC4CC(CC(C4)C2)C3)c1C. The molecule has 0 radical (unpaired) electrons. The van der Waals surface area contributed by atoms with Gasteiger partial charge in [-0.25, -0.2) is 0 Å². The Labute approximate surface area is 164 Å². The maximum Gasteiger partial charge on any atom is 0.178 e. The molecule has 0 amide bonds. The van der Waals surface area contributed by atoms with Crippen LogP contribution in [0.2, 0.25) is 0 Å². The van der Waals surface area contributed by atoms with E-state index in [2.05, 4.69) is 36.4 Å². The normalized spacial score (nSPS) is 31.8. The van der Waals surface area contributed by atoms with Gasteiger partial charge in [0.15, 0.2) is 5.78 Å². The first-order chi connectivity index (χ1) is 12.9. The lowest BCUT2D eigenvalue weighted by Gasteiger charge is -2.57. The van der Waals surface area contributed by atoms with E-state index in [1.165, 1.54) is 38.5 Å². The molecule has 4 aliphatic rings. The standard InChI is InChI=1S/C23H36N2O2/c1-16-7-21(17(2)25(16)5-6-27-4)22(26)14-24(3)15-23-11-18-8-19(12-23)10-20(9-18)13-23/h7,18-20H,5-6,8-15H2,1-4H3. The van der Waals surface area contributed by atoms with Crippen LogP contribution in [-0.4, -0.2) is 49.1 Å². The predicted octanol–water partition coefficient (Wildman–Crippen LogP) is 4.08. The summed E-state index contributed by atoms with van der Waals surface area (Å²) in [6.07, 6.45) is 8.66. The molecule has 1 aromatic heterocycles. The Hall–Kier alpha value is -1.13. The summed E-state index contributed by atoms with van der Waals surface area (Å²) in [4.78, 5) is 15.3. The average Bonchev–Trinajstić information content (AvgIpc) is 2.85. The van der Waals surface area contributed by atoms with Crippen molar-refractivity contribution >= 4 is 5.78 Å². The average molecular weight is 373 g/mol. The number of hydrogen-bond donors (Lipinski definition) is 0. The third-order valence-corrected chi connectivity index (χ3v) is 7.58. The monoisotopic (exact) mass is 372 g/mol. The molecular formula is C23H36N2O2. The number of ether oxygens (including phenoxy) is 1. The quantitative estimate of drug-likeness (QED) is 0.645. The molecule has 1 heterocycles. The molecular weight excluding hydrogens is 336 g/mol. The number of carbonyl (C=O) groups is 1. The summed E-state index contributed by atoms with van der Waals surface area (Å²) in [7, 11) is 3.88. The van der Waals surface area contributed by atoms with E-state index < -0.39 is 0 Å². The number of rotatable bonds is 8. The number of ketones is 1. The second kappa shape index (κ2) is 7.36. The van der Waals surface area contributed by atoms with Crippen LogP contribution >= 0.6 is 0 Å². The molecule has 4 bridgehead atoms. The highest BCUT2D eigenvalue weighted by Gasteiger charge is 2.51. The number of carbonyl (C=O) groups excluding carboxylic acids is 1. The maximum atomic E-state index is 13.0. The van der Waals surface area contributed by atoms with Crippen LogP contribution in [0.3, 0.4) is 0 Å². The molecule has 4 heteroatoms. The molecule has 0 saturated heterocycles. The molecule has 4 fully saturated rings. The van der Waals surface area contributed by atoms with E-state index in [4.69, 9.17) is 4.74 Å². The van der Waals surface area contributed by atoms with E-state index >= 15 is 0 Å². The molecule has 4 nitrogen and oxygen atoms in total. The highest BCUT2D eigenvalue weighted by atomic mass is 16.5. The van der Waals surface area contributed by atoms with Crippen molar-refractivity contribution in [3.63, 3.8) is 0 Å². The van der Waals surface area contributed by atoms with Gasteiger partial charge < -0.3 is 9.30 Å². The molecule has 0 spiro atoms. The lowest BCUT2D eigenvalue weighted by Crippen LogP contribution is -2.51. The molecule has 4 aliphatic carbocycles. The minimum absolute atomic E-state index is 0.263. The van der Waals surface area contributed by atoms with E-state index in [9.17, 15) is 4.79 Å². The molecule has 0 aliphatic heterocycles. The largest absolute Gasteiger partial charge is 0.383 e. The van der Waals surface area contributed by atoms with Crippen LogP contribution in [0.15, 0.2) is 6.07 Å². The minimum Gasteiger partial charge on any atom is -0.383 e. The number of aryl methyl sites for hydroxylation is 1. The Balaban J connectivity index is 1.40. The zero-order valence-corrected chi connectivity index (χ0v) is 17.6. The maximum absolute atomic E-state index is 13.0. The van der Waals surface area contributed by atoms with Crippen molar-refractivity contribution in [1.82, 2.24) is 9.47 Å². The van der Waals surface area contributed by atoms with E-state index in [1.54, 1.807) is 7.11 Å². The number of hydrogen-bond acceptors (Lipinski definition) is 3. The van der Waals surface area contributed by atoms with Crippen LogP contribution in [0.25, 0.3) is 0 Å². The summed E-state index contributed by atoms with van der Waals surface area (Å²) in [6.45, 7) is 7.27. The zero-order valence-electron chi connectivity index (χ0n) is 17.6. The summed E-state index contributed by atoms with van der Waals surface area (Å²) < 4.78 is 7.41. The number of nitrogens with zero attached hydrogens (tertiary/aromatic N) is 2. The Morgan fingerprint density at radius 1 is 1.19 bits per heavy atom. The molecule has 0 atom stereocenters. The summed E-state index contributed by atoms with van der Waals surface area (Å²) in [6, 6.07) is 2.06. The van der Waals surface area contributed by atoms with Crippen LogP contribution in [0.5, 0.6) is 0 Å². The van der Waals surface area contributed by atoms with Crippen molar-refractivity contribution in [2.45, 2.75) is 58.9 Å². The van der Waals surface area contributed by atoms with Crippen LogP contribution in [0.4, 0.5) is 0 Å². The van der Waals surface area contributed by atoms with Gasteiger partial charge >= 0.3 is 0 Å². The van der Waals surface area contributed by atoms with Gasteiger partial charge in [-0.1, -0.05) is 0 Å². The van der Waals surface area contributed by atoms with Gasteiger partial charge in [-0.05, 0) is 88.7 Å². The molecule has 4 saturated carbocycles. The molecule has 1 aromatic rings.